The molecule has 3 heteroatoms. The van der Waals surface area contributed by atoms with E-state index in [1.807, 2.05) is 6.07 Å². The monoisotopic (exact) mass is 270 g/mol. The van der Waals surface area contributed by atoms with Gasteiger partial charge in [-0.2, -0.15) is 0 Å². The number of hydrogen-bond acceptors (Lipinski definition) is 3. The summed E-state index contributed by atoms with van der Waals surface area (Å²) >= 11 is 0. The lowest BCUT2D eigenvalue weighted by atomic mass is 10.1. The predicted octanol–water partition coefficient (Wildman–Crippen LogP) is 2.77. The highest BCUT2D eigenvalue weighted by Gasteiger charge is 2.22. The number of benzene rings is 2. The molecule has 1 fully saturated rings. The Bertz CT molecular complexity index is 597. The van der Waals surface area contributed by atoms with Crippen LogP contribution in [0.3, 0.4) is 0 Å². The number of nitrogens with two attached hydrogens (primary N) is 1. The van der Waals surface area contributed by atoms with Crippen molar-refractivity contribution in [3.63, 3.8) is 0 Å². The van der Waals surface area contributed by atoms with Crippen LogP contribution in [0.15, 0.2) is 36.4 Å². The second-order valence-corrected chi connectivity index (χ2v) is 5.55. The SMILES string of the molecule is COc1ccc2cc(CN3CCCC3CN)ccc2c1. The van der Waals surface area contributed by atoms with Crippen molar-refractivity contribution >= 4 is 10.8 Å². The number of rotatable bonds is 4. The van der Waals surface area contributed by atoms with E-state index in [-0.39, 0.29) is 0 Å². The molecule has 20 heavy (non-hydrogen) atoms. The van der Waals surface area contributed by atoms with Crippen molar-refractivity contribution in [2.75, 3.05) is 20.2 Å². The lowest BCUT2D eigenvalue weighted by Crippen LogP contribution is -2.34. The molecular weight excluding hydrogens is 248 g/mol. The second-order valence-electron chi connectivity index (χ2n) is 5.55. The first-order chi connectivity index (χ1) is 9.80. The maximum atomic E-state index is 5.84. The fourth-order valence-electron chi connectivity index (χ4n) is 3.10. The first-order valence-electron chi connectivity index (χ1n) is 7.31. The average Bonchev–Trinajstić information content (AvgIpc) is 2.94. The van der Waals surface area contributed by atoms with Gasteiger partial charge in [0.2, 0.25) is 0 Å². The molecule has 1 aliphatic heterocycles. The van der Waals surface area contributed by atoms with Crippen LogP contribution in [0.2, 0.25) is 0 Å². The molecular formula is C17H22N2O. The Morgan fingerprint density at radius 3 is 2.80 bits per heavy atom. The molecule has 0 aliphatic carbocycles. The van der Waals surface area contributed by atoms with E-state index in [1.54, 1.807) is 7.11 Å². The molecule has 1 unspecified atom stereocenters. The molecule has 1 atom stereocenters. The lowest BCUT2D eigenvalue weighted by molar-refractivity contribution is 0.250. The van der Waals surface area contributed by atoms with Gasteiger partial charge in [0.05, 0.1) is 7.11 Å². The highest BCUT2D eigenvalue weighted by Crippen LogP contribution is 2.24. The van der Waals surface area contributed by atoms with E-state index < -0.39 is 0 Å². The van der Waals surface area contributed by atoms with Gasteiger partial charge in [-0.25, -0.2) is 0 Å². The molecule has 2 N–H and O–H groups in total. The number of hydrogen-bond donors (Lipinski definition) is 1. The van der Waals surface area contributed by atoms with Crippen molar-refractivity contribution < 1.29 is 4.74 Å². The van der Waals surface area contributed by atoms with Crippen molar-refractivity contribution in [1.29, 1.82) is 0 Å². The molecule has 2 aromatic carbocycles. The summed E-state index contributed by atoms with van der Waals surface area (Å²) in [5.74, 6) is 0.910. The number of methoxy groups -OCH3 is 1. The van der Waals surface area contributed by atoms with E-state index in [1.165, 1.54) is 35.7 Å². The summed E-state index contributed by atoms with van der Waals surface area (Å²) < 4.78 is 5.27. The molecule has 2 aromatic rings. The summed E-state index contributed by atoms with van der Waals surface area (Å²) in [5.41, 5.74) is 7.21. The third-order valence-electron chi connectivity index (χ3n) is 4.27. The first kappa shape index (κ1) is 13.4. The first-order valence-corrected chi connectivity index (χ1v) is 7.31. The molecule has 0 amide bonds. The molecule has 1 saturated heterocycles. The number of nitrogens with zero attached hydrogens (tertiary/aromatic N) is 1. The molecule has 0 spiro atoms. The molecule has 1 heterocycles. The van der Waals surface area contributed by atoms with Crippen molar-refractivity contribution in [3.8, 4) is 5.75 Å². The Kier molecular flexibility index (Phi) is 3.90. The Labute approximate surface area is 120 Å². The number of likely N-dealkylation sites (tertiary alicyclic amines) is 1. The summed E-state index contributed by atoms with van der Waals surface area (Å²) in [6, 6.07) is 13.5. The minimum Gasteiger partial charge on any atom is -0.497 e. The summed E-state index contributed by atoms with van der Waals surface area (Å²) in [4.78, 5) is 2.50. The molecule has 0 saturated carbocycles. The Morgan fingerprint density at radius 2 is 2.00 bits per heavy atom. The van der Waals surface area contributed by atoms with Crippen molar-refractivity contribution in [2.45, 2.75) is 25.4 Å². The highest BCUT2D eigenvalue weighted by molar-refractivity contribution is 5.84. The van der Waals surface area contributed by atoms with Gasteiger partial charge in [-0.05, 0) is 53.9 Å². The standard InChI is InChI=1S/C17H22N2O/c1-20-17-7-6-14-9-13(4-5-15(14)10-17)12-19-8-2-3-16(19)11-18/h4-7,9-10,16H,2-3,8,11-12,18H2,1H3. The van der Waals surface area contributed by atoms with Crippen LogP contribution in [0, 0.1) is 0 Å². The van der Waals surface area contributed by atoms with E-state index in [2.05, 4.69) is 35.2 Å². The zero-order chi connectivity index (χ0) is 13.9. The molecule has 3 rings (SSSR count). The maximum Gasteiger partial charge on any atom is 0.119 e. The van der Waals surface area contributed by atoms with Crippen molar-refractivity contribution in [2.24, 2.45) is 5.73 Å². The molecule has 1 aliphatic rings. The minimum absolute atomic E-state index is 0.557. The van der Waals surface area contributed by atoms with Gasteiger partial charge < -0.3 is 10.5 Å². The van der Waals surface area contributed by atoms with Gasteiger partial charge in [-0.1, -0.05) is 18.2 Å². The van der Waals surface area contributed by atoms with E-state index in [4.69, 9.17) is 10.5 Å². The van der Waals surface area contributed by atoms with Crippen molar-refractivity contribution in [1.82, 2.24) is 4.90 Å². The van der Waals surface area contributed by atoms with Crippen LogP contribution in [0.5, 0.6) is 5.75 Å². The molecule has 0 bridgehead atoms. The zero-order valence-corrected chi connectivity index (χ0v) is 12.0. The quantitative estimate of drug-likeness (QED) is 0.928. The average molecular weight is 270 g/mol. The maximum absolute atomic E-state index is 5.84. The Hall–Kier alpha value is -1.58. The normalized spacial score (nSPS) is 19.6. The largest absolute Gasteiger partial charge is 0.497 e. The van der Waals surface area contributed by atoms with Crippen LogP contribution in [-0.4, -0.2) is 31.1 Å². The van der Waals surface area contributed by atoms with E-state index in [0.29, 0.717) is 6.04 Å². The molecule has 0 aromatic heterocycles. The van der Waals surface area contributed by atoms with Crippen LogP contribution in [0.4, 0.5) is 0 Å². The van der Waals surface area contributed by atoms with Gasteiger partial charge in [0.25, 0.3) is 0 Å². The van der Waals surface area contributed by atoms with Crippen LogP contribution in [-0.2, 0) is 6.54 Å². The van der Waals surface area contributed by atoms with Gasteiger partial charge in [0.15, 0.2) is 0 Å². The summed E-state index contributed by atoms with van der Waals surface area (Å²) in [6.07, 6.45) is 2.51. The van der Waals surface area contributed by atoms with Gasteiger partial charge in [-0.15, -0.1) is 0 Å². The van der Waals surface area contributed by atoms with E-state index in [0.717, 1.165) is 18.8 Å². The minimum atomic E-state index is 0.557. The molecule has 3 nitrogen and oxygen atoms in total. The van der Waals surface area contributed by atoms with Crippen molar-refractivity contribution in [3.05, 3.63) is 42.0 Å². The molecule has 106 valence electrons. The van der Waals surface area contributed by atoms with Crippen LogP contribution in [0.1, 0.15) is 18.4 Å². The summed E-state index contributed by atoms with van der Waals surface area (Å²) in [5, 5.41) is 2.50. The van der Waals surface area contributed by atoms with Crippen LogP contribution >= 0.6 is 0 Å². The fraction of sp³-hybridized carbons (Fsp3) is 0.412. The summed E-state index contributed by atoms with van der Waals surface area (Å²) in [6.45, 7) is 2.94. The van der Waals surface area contributed by atoms with E-state index in [9.17, 15) is 0 Å². The third kappa shape index (κ3) is 2.65. The van der Waals surface area contributed by atoms with E-state index >= 15 is 0 Å². The van der Waals surface area contributed by atoms with Gasteiger partial charge >= 0.3 is 0 Å². The number of fused-ring (bicyclic) bond motifs is 1. The van der Waals surface area contributed by atoms with Gasteiger partial charge in [0, 0.05) is 19.1 Å². The lowest BCUT2D eigenvalue weighted by Gasteiger charge is -2.23. The topological polar surface area (TPSA) is 38.5 Å². The third-order valence-corrected chi connectivity index (χ3v) is 4.27. The zero-order valence-electron chi connectivity index (χ0n) is 12.0. The smallest absolute Gasteiger partial charge is 0.119 e. The molecule has 0 radical (unpaired) electrons. The fourth-order valence-corrected chi connectivity index (χ4v) is 3.10. The van der Waals surface area contributed by atoms with Gasteiger partial charge in [0.1, 0.15) is 5.75 Å². The summed E-state index contributed by atoms with van der Waals surface area (Å²) in [7, 11) is 1.70. The second kappa shape index (κ2) is 5.81. The number of ether oxygens (including phenoxy) is 1. The Balaban J connectivity index is 1.82. The van der Waals surface area contributed by atoms with Crippen LogP contribution in [0.25, 0.3) is 10.8 Å². The van der Waals surface area contributed by atoms with Gasteiger partial charge in [-0.3, -0.25) is 4.90 Å². The predicted molar refractivity (Wildman–Crippen MR) is 83.0 cm³/mol. The highest BCUT2D eigenvalue weighted by atomic mass is 16.5. The van der Waals surface area contributed by atoms with Crippen LogP contribution < -0.4 is 10.5 Å². The Morgan fingerprint density at radius 1 is 1.20 bits per heavy atom.